The highest BCUT2D eigenvalue weighted by Crippen LogP contribution is 2.32. The van der Waals surface area contributed by atoms with Gasteiger partial charge in [0.15, 0.2) is 11.5 Å². The van der Waals surface area contributed by atoms with Crippen molar-refractivity contribution in [2.24, 2.45) is 0 Å². The minimum absolute atomic E-state index is 0.139. The zero-order valence-corrected chi connectivity index (χ0v) is 15.6. The number of hydrogen-bond acceptors (Lipinski definition) is 7. The van der Waals surface area contributed by atoms with Crippen LogP contribution in [0.25, 0.3) is 0 Å². The molecule has 0 N–H and O–H groups in total. The Hall–Kier alpha value is -3.48. The fourth-order valence-corrected chi connectivity index (χ4v) is 2.84. The second kappa shape index (κ2) is 7.64. The van der Waals surface area contributed by atoms with Gasteiger partial charge >= 0.3 is 5.97 Å². The van der Waals surface area contributed by atoms with Gasteiger partial charge in [0.05, 0.1) is 16.8 Å². The molecule has 7 nitrogen and oxygen atoms in total. The molecular formula is C21H19NO6. The zero-order valence-electron chi connectivity index (χ0n) is 15.6. The first kappa shape index (κ1) is 17.9. The third-order valence-corrected chi connectivity index (χ3v) is 4.44. The molecule has 0 saturated carbocycles. The highest BCUT2D eigenvalue weighted by atomic mass is 16.7. The molecule has 0 fully saturated rings. The lowest BCUT2D eigenvalue weighted by Crippen LogP contribution is -2.06. The van der Waals surface area contributed by atoms with E-state index in [1.807, 2.05) is 19.9 Å². The van der Waals surface area contributed by atoms with E-state index in [-0.39, 0.29) is 13.4 Å². The van der Waals surface area contributed by atoms with Crippen molar-refractivity contribution in [2.75, 3.05) is 6.79 Å². The molecule has 3 aromatic rings. The van der Waals surface area contributed by atoms with Crippen molar-refractivity contribution in [1.29, 1.82) is 0 Å². The van der Waals surface area contributed by atoms with Crippen molar-refractivity contribution in [3.05, 3.63) is 70.6 Å². The lowest BCUT2D eigenvalue weighted by atomic mass is 10.2. The van der Waals surface area contributed by atoms with Crippen LogP contribution in [0, 0.1) is 13.8 Å². The molecule has 2 aromatic carbocycles. The highest BCUT2D eigenvalue weighted by molar-refractivity contribution is 5.89. The van der Waals surface area contributed by atoms with Gasteiger partial charge in [0.25, 0.3) is 0 Å². The first-order chi connectivity index (χ1) is 13.6. The van der Waals surface area contributed by atoms with E-state index < -0.39 is 5.97 Å². The minimum atomic E-state index is -0.430. The Balaban J connectivity index is 1.37. The summed E-state index contributed by atoms with van der Waals surface area (Å²) in [7, 11) is 0. The molecule has 4 rings (SSSR count). The van der Waals surface area contributed by atoms with Crippen molar-refractivity contribution in [2.45, 2.75) is 27.1 Å². The average molecular weight is 381 g/mol. The summed E-state index contributed by atoms with van der Waals surface area (Å²) in [6, 6.07) is 12.3. The number of benzene rings is 2. The summed E-state index contributed by atoms with van der Waals surface area (Å²) in [6.45, 7) is 4.36. The van der Waals surface area contributed by atoms with Crippen LogP contribution in [0.1, 0.15) is 32.9 Å². The average Bonchev–Trinajstić information content (AvgIpc) is 3.30. The van der Waals surface area contributed by atoms with E-state index in [1.54, 1.807) is 36.4 Å². The van der Waals surface area contributed by atoms with Crippen LogP contribution < -0.4 is 14.2 Å². The largest absolute Gasteiger partial charge is 0.489 e. The van der Waals surface area contributed by atoms with Gasteiger partial charge in [-0.3, -0.25) is 0 Å². The fraction of sp³-hybridized carbons (Fsp3) is 0.238. The molecule has 0 amide bonds. The van der Waals surface area contributed by atoms with Gasteiger partial charge in [-0.2, -0.15) is 0 Å². The number of rotatable bonds is 6. The van der Waals surface area contributed by atoms with Crippen molar-refractivity contribution < 1.29 is 28.3 Å². The number of hydrogen-bond donors (Lipinski definition) is 0. The SMILES string of the molecule is Cc1noc(C)c1COc1cccc(C(=O)OCc2ccc3c(c2)OCO3)c1. The van der Waals surface area contributed by atoms with E-state index in [2.05, 4.69) is 5.16 Å². The Bertz CT molecular complexity index is 990. The van der Waals surface area contributed by atoms with E-state index in [1.165, 1.54) is 0 Å². The molecule has 144 valence electrons. The number of esters is 1. The van der Waals surface area contributed by atoms with Gasteiger partial charge in [0.1, 0.15) is 24.7 Å². The van der Waals surface area contributed by atoms with Gasteiger partial charge in [-0.25, -0.2) is 4.79 Å². The van der Waals surface area contributed by atoms with Crippen LogP contribution in [0.15, 0.2) is 47.0 Å². The molecular weight excluding hydrogens is 362 g/mol. The zero-order chi connectivity index (χ0) is 19.5. The van der Waals surface area contributed by atoms with E-state index in [0.29, 0.717) is 29.4 Å². The molecule has 0 bridgehead atoms. The van der Waals surface area contributed by atoms with Gasteiger partial charge in [-0.05, 0) is 49.7 Å². The maximum absolute atomic E-state index is 12.4. The number of nitrogens with zero attached hydrogens (tertiary/aromatic N) is 1. The highest BCUT2D eigenvalue weighted by Gasteiger charge is 2.15. The van der Waals surface area contributed by atoms with Gasteiger partial charge < -0.3 is 23.5 Å². The second-order valence-electron chi connectivity index (χ2n) is 6.38. The number of carbonyl (C=O) groups excluding carboxylic acids is 1. The van der Waals surface area contributed by atoms with Crippen LogP contribution >= 0.6 is 0 Å². The van der Waals surface area contributed by atoms with Crippen molar-refractivity contribution in [3.63, 3.8) is 0 Å². The topological polar surface area (TPSA) is 80.0 Å². The summed E-state index contributed by atoms with van der Waals surface area (Å²) in [5.74, 6) is 2.20. The predicted octanol–water partition coefficient (Wildman–Crippen LogP) is 3.96. The molecule has 1 aliphatic heterocycles. The van der Waals surface area contributed by atoms with Crippen LogP contribution in [0.4, 0.5) is 0 Å². The molecule has 0 atom stereocenters. The van der Waals surface area contributed by atoms with Crippen LogP contribution in [-0.2, 0) is 18.0 Å². The van der Waals surface area contributed by atoms with E-state index in [4.69, 9.17) is 23.5 Å². The van der Waals surface area contributed by atoms with E-state index in [0.717, 1.165) is 22.6 Å². The molecule has 0 radical (unpaired) electrons. The Labute approximate surface area is 161 Å². The van der Waals surface area contributed by atoms with Crippen LogP contribution in [0.2, 0.25) is 0 Å². The Kier molecular flexibility index (Phi) is 4.89. The summed E-state index contributed by atoms with van der Waals surface area (Å²) in [6.07, 6.45) is 0. The standard InChI is InChI=1S/C21H19NO6/c1-13-18(14(2)28-22-13)11-24-17-5-3-4-16(9-17)21(23)25-10-15-6-7-19-20(8-15)27-12-26-19/h3-9H,10-12H2,1-2H3. The minimum Gasteiger partial charge on any atom is -0.489 e. The third kappa shape index (κ3) is 3.78. The monoisotopic (exact) mass is 381 g/mol. The van der Waals surface area contributed by atoms with Crippen molar-refractivity contribution in [1.82, 2.24) is 5.16 Å². The summed E-state index contributed by atoms with van der Waals surface area (Å²) in [4.78, 5) is 12.4. The third-order valence-electron chi connectivity index (χ3n) is 4.44. The molecule has 0 unspecified atom stereocenters. The molecule has 0 spiro atoms. The summed E-state index contributed by atoms with van der Waals surface area (Å²) in [5.41, 5.74) is 2.92. The van der Waals surface area contributed by atoms with Gasteiger partial charge in [-0.1, -0.05) is 17.3 Å². The Morgan fingerprint density at radius 2 is 1.93 bits per heavy atom. The molecule has 2 heterocycles. The van der Waals surface area contributed by atoms with Gasteiger partial charge in [-0.15, -0.1) is 0 Å². The lowest BCUT2D eigenvalue weighted by molar-refractivity contribution is 0.0472. The number of aryl methyl sites for hydroxylation is 2. The fourth-order valence-electron chi connectivity index (χ4n) is 2.84. The summed E-state index contributed by atoms with van der Waals surface area (Å²) < 4.78 is 26.9. The molecule has 1 aliphatic rings. The van der Waals surface area contributed by atoms with Crippen molar-refractivity contribution >= 4 is 5.97 Å². The Morgan fingerprint density at radius 1 is 1.07 bits per heavy atom. The maximum atomic E-state index is 12.4. The second-order valence-corrected chi connectivity index (χ2v) is 6.38. The normalized spacial score (nSPS) is 12.1. The number of fused-ring (bicyclic) bond motifs is 1. The maximum Gasteiger partial charge on any atom is 0.338 e. The number of aromatic nitrogens is 1. The van der Waals surface area contributed by atoms with Crippen LogP contribution in [-0.4, -0.2) is 17.9 Å². The first-order valence-corrected chi connectivity index (χ1v) is 8.80. The van der Waals surface area contributed by atoms with Crippen molar-refractivity contribution in [3.8, 4) is 17.2 Å². The number of ether oxygens (including phenoxy) is 4. The summed E-state index contributed by atoms with van der Waals surface area (Å²) in [5, 5.41) is 3.90. The van der Waals surface area contributed by atoms with E-state index >= 15 is 0 Å². The molecule has 0 saturated heterocycles. The van der Waals surface area contributed by atoms with E-state index in [9.17, 15) is 4.79 Å². The molecule has 0 aliphatic carbocycles. The summed E-state index contributed by atoms with van der Waals surface area (Å²) >= 11 is 0. The molecule has 28 heavy (non-hydrogen) atoms. The first-order valence-electron chi connectivity index (χ1n) is 8.80. The smallest absolute Gasteiger partial charge is 0.338 e. The Morgan fingerprint density at radius 3 is 2.75 bits per heavy atom. The van der Waals surface area contributed by atoms with Crippen LogP contribution in [0.3, 0.4) is 0 Å². The number of carbonyl (C=O) groups is 1. The van der Waals surface area contributed by atoms with Gasteiger partial charge in [0.2, 0.25) is 6.79 Å². The molecule has 1 aromatic heterocycles. The predicted molar refractivity (Wildman–Crippen MR) is 98.4 cm³/mol. The van der Waals surface area contributed by atoms with Gasteiger partial charge in [0, 0.05) is 0 Å². The quantitative estimate of drug-likeness (QED) is 0.598. The lowest BCUT2D eigenvalue weighted by Gasteiger charge is -2.09. The molecule has 7 heteroatoms. The van der Waals surface area contributed by atoms with Crippen LogP contribution in [0.5, 0.6) is 17.2 Å².